The van der Waals surface area contributed by atoms with Gasteiger partial charge in [-0.25, -0.2) is 0 Å². The minimum Gasteiger partial charge on any atom is -0.490 e. The van der Waals surface area contributed by atoms with Gasteiger partial charge in [-0.05, 0) is 24.6 Å². The highest BCUT2D eigenvalue weighted by atomic mass is 16.5. The fourth-order valence-electron chi connectivity index (χ4n) is 3.17. The molecule has 0 radical (unpaired) electrons. The number of nitrogens with zero attached hydrogens (tertiary/aromatic N) is 1. The summed E-state index contributed by atoms with van der Waals surface area (Å²) in [6.07, 6.45) is 2.25. The topological polar surface area (TPSA) is 55.6 Å². The van der Waals surface area contributed by atoms with E-state index >= 15 is 0 Å². The molecule has 3 rings (SSSR count). The van der Waals surface area contributed by atoms with E-state index in [0.717, 1.165) is 37.2 Å². The van der Waals surface area contributed by atoms with Gasteiger partial charge in [-0.1, -0.05) is 48.0 Å². The van der Waals surface area contributed by atoms with Crippen molar-refractivity contribution in [2.45, 2.75) is 38.3 Å². The summed E-state index contributed by atoms with van der Waals surface area (Å²) in [6, 6.07) is 17.7. The summed E-state index contributed by atoms with van der Waals surface area (Å²) < 4.78 is 6.03. The quantitative estimate of drug-likeness (QED) is 0.908. The molecule has 132 valence electrons. The van der Waals surface area contributed by atoms with Gasteiger partial charge in [-0.3, -0.25) is 4.79 Å². The van der Waals surface area contributed by atoms with Gasteiger partial charge in [0, 0.05) is 38.4 Å². The van der Waals surface area contributed by atoms with Crippen molar-refractivity contribution in [3.8, 4) is 5.75 Å². The molecular formula is C21H26N2O2. The number of rotatable bonds is 5. The molecule has 0 spiro atoms. The molecule has 1 fully saturated rings. The Morgan fingerprint density at radius 3 is 2.40 bits per heavy atom. The number of ether oxygens (including phenoxy) is 1. The van der Waals surface area contributed by atoms with Crippen LogP contribution in [0.1, 0.15) is 36.4 Å². The number of aryl methyl sites for hydroxylation is 1. The molecule has 1 unspecified atom stereocenters. The zero-order valence-corrected chi connectivity index (χ0v) is 14.7. The van der Waals surface area contributed by atoms with Crippen molar-refractivity contribution in [2.24, 2.45) is 5.73 Å². The molecule has 1 amide bonds. The standard InChI is InChI=1S/C21H26N2O2/c1-16-7-9-18(10-8-16)25-19-11-13-23(14-12-19)21(24)15-20(22)17-5-3-2-4-6-17/h2-10,19-20H,11-15,22H2,1H3. The monoisotopic (exact) mass is 338 g/mol. The summed E-state index contributed by atoms with van der Waals surface area (Å²) in [7, 11) is 0. The lowest BCUT2D eigenvalue weighted by atomic mass is 10.0. The first-order valence-corrected chi connectivity index (χ1v) is 8.93. The smallest absolute Gasteiger partial charge is 0.224 e. The van der Waals surface area contributed by atoms with E-state index < -0.39 is 0 Å². The van der Waals surface area contributed by atoms with E-state index in [1.54, 1.807) is 0 Å². The van der Waals surface area contributed by atoms with Gasteiger partial charge < -0.3 is 15.4 Å². The molecule has 0 aliphatic carbocycles. The number of carbonyl (C=O) groups excluding carboxylic acids is 1. The maximum atomic E-state index is 12.5. The third-order valence-electron chi connectivity index (χ3n) is 4.74. The average molecular weight is 338 g/mol. The average Bonchev–Trinajstić information content (AvgIpc) is 2.65. The summed E-state index contributed by atoms with van der Waals surface area (Å²) in [6.45, 7) is 3.53. The Hall–Kier alpha value is -2.33. The van der Waals surface area contributed by atoms with Gasteiger partial charge in [0.25, 0.3) is 0 Å². The minimum absolute atomic E-state index is 0.130. The molecular weight excluding hydrogens is 312 g/mol. The van der Waals surface area contributed by atoms with Crippen molar-refractivity contribution in [1.82, 2.24) is 4.90 Å². The fourth-order valence-corrected chi connectivity index (χ4v) is 3.17. The maximum Gasteiger partial charge on any atom is 0.224 e. The SMILES string of the molecule is Cc1ccc(OC2CCN(C(=O)CC(N)c3ccccc3)CC2)cc1. The van der Waals surface area contributed by atoms with Crippen molar-refractivity contribution >= 4 is 5.91 Å². The second kappa shape index (κ2) is 8.17. The minimum atomic E-state index is -0.241. The van der Waals surface area contributed by atoms with Crippen LogP contribution in [-0.4, -0.2) is 30.0 Å². The Balaban J connectivity index is 1.46. The van der Waals surface area contributed by atoms with E-state index in [0.29, 0.717) is 6.42 Å². The lowest BCUT2D eigenvalue weighted by molar-refractivity contribution is -0.133. The number of hydrogen-bond acceptors (Lipinski definition) is 3. The van der Waals surface area contributed by atoms with Crippen LogP contribution in [0.15, 0.2) is 54.6 Å². The highest BCUT2D eigenvalue weighted by molar-refractivity contribution is 5.77. The number of piperidine rings is 1. The first kappa shape index (κ1) is 17.5. The van der Waals surface area contributed by atoms with Crippen LogP contribution in [0.2, 0.25) is 0 Å². The highest BCUT2D eigenvalue weighted by Crippen LogP contribution is 2.21. The first-order chi connectivity index (χ1) is 12.1. The van der Waals surface area contributed by atoms with E-state index in [4.69, 9.17) is 10.5 Å². The molecule has 2 aromatic rings. The van der Waals surface area contributed by atoms with Crippen LogP contribution >= 0.6 is 0 Å². The van der Waals surface area contributed by atoms with Crippen LogP contribution < -0.4 is 10.5 Å². The predicted molar refractivity (Wildman–Crippen MR) is 99.4 cm³/mol. The van der Waals surface area contributed by atoms with Crippen molar-refractivity contribution in [3.05, 3.63) is 65.7 Å². The predicted octanol–water partition coefficient (Wildman–Crippen LogP) is 3.45. The molecule has 4 nitrogen and oxygen atoms in total. The summed E-state index contributed by atoms with van der Waals surface area (Å²) >= 11 is 0. The number of likely N-dealkylation sites (tertiary alicyclic amines) is 1. The summed E-state index contributed by atoms with van der Waals surface area (Å²) in [5.41, 5.74) is 8.40. The zero-order chi connectivity index (χ0) is 17.6. The summed E-state index contributed by atoms with van der Waals surface area (Å²) in [5, 5.41) is 0. The van der Waals surface area contributed by atoms with Gasteiger partial charge >= 0.3 is 0 Å². The summed E-state index contributed by atoms with van der Waals surface area (Å²) in [4.78, 5) is 14.4. The molecule has 0 aromatic heterocycles. The van der Waals surface area contributed by atoms with E-state index in [-0.39, 0.29) is 18.1 Å². The number of nitrogens with two attached hydrogens (primary N) is 1. The van der Waals surface area contributed by atoms with Gasteiger partial charge in [-0.15, -0.1) is 0 Å². The molecule has 25 heavy (non-hydrogen) atoms. The van der Waals surface area contributed by atoms with E-state index in [2.05, 4.69) is 19.1 Å². The number of benzene rings is 2. The summed E-state index contributed by atoms with van der Waals surface area (Å²) in [5.74, 6) is 1.03. The molecule has 1 heterocycles. The van der Waals surface area contributed by atoms with Gasteiger partial charge in [0.15, 0.2) is 0 Å². The Morgan fingerprint density at radius 1 is 1.12 bits per heavy atom. The Labute approximate surface area is 149 Å². The molecule has 0 bridgehead atoms. The van der Waals surface area contributed by atoms with Crippen molar-refractivity contribution in [1.29, 1.82) is 0 Å². The Kier molecular flexibility index (Phi) is 5.71. The maximum absolute atomic E-state index is 12.5. The highest BCUT2D eigenvalue weighted by Gasteiger charge is 2.25. The normalized spacial score (nSPS) is 16.5. The van der Waals surface area contributed by atoms with Crippen LogP contribution in [0.4, 0.5) is 0 Å². The first-order valence-electron chi connectivity index (χ1n) is 8.93. The Bertz CT molecular complexity index is 677. The second-order valence-corrected chi connectivity index (χ2v) is 6.73. The van der Waals surface area contributed by atoms with Crippen LogP contribution in [0.3, 0.4) is 0 Å². The lowest BCUT2D eigenvalue weighted by Gasteiger charge is -2.33. The Morgan fingerprint density at radius 2 is 1.76 bits per heavy atom. The van der Waals surface area contributed by atoms with Gasteiger partial charge in [-0.2, -0.15) is 0 Å². The molecule has 1 saturated heterocycles. The van der Waals surface area contributed by atoms with Crippen LogP contribution in [0.25, 0.3) is 0 Å². The number of carbonyl (C=O) groups is 1. The van der Waals surface area contributed by atoms with Crippen LogP contribution in [-0.2, 0) is 4.79 Å². The molecule has 1 aliphatic heterocycles. The molecule has 2 aromatic carbocycles. The van der Waals surface area contributed by atoms with Gasteiger partial charge in [0.2, 0.25) is 5.91 Å². The van der Waals surface area contributed by atoms with Gasteiger partial charge in [0.1, 0.15) is 11.9 Å². The molecule has 1 atom stereocenters. The molecule has 0 saturated carbocycles. The van der Waals surface area contributed by atoms with Crippen molar-refractivity contribution in [3.63, 3.8) is 0 Å². The zero-order valence-electron chi connectivity index (χ0n) is 14.7. The van der Waals surface area contributed by atoms with Gasteiger partial charge in [0.05, 0.1) is 0 Å². The van der Waals surface area contributed by atoms with Crippen molar-refractivity contribution in [2.75, 3.05) is 13.1 Å². The largest absolute Gasteiger partial charge is 0.490 e. The third-order valence-corrected chi connectivity index (χ3v) is 4.74. The van der Waals surface area contributed by atoms with E-state index in [1.807, 2.05) is 47.4 Å². The van der Waals surface area contributed by atoms with Crippen molar-refractivity contribution < 1.29 is 9.53 Å². The second-order valence-electron chi connectivity index (χ2n) is 6.73. The van der Waals surface area contributed by atoms with E-state index in [1.165, 1.54) is 5.56 Å². The van der Waals surface area contributed by atoms with Crippen LogP contribution in [0, 0.1) is 6.92 Å². The number of hydrogen-bond donors (Lipinski definition) is 1. The fraction of sp³-hybridized carbons (Fsp3) is 0.381. The van der Waals surface area contributed by atoms with Crippen LogP contribution in [0.5, 0.6) is 5.75 Å². The lowest BCUT2D eigenvalue weighted by Crippen LogP contribution is -2.42. The number of amides is 1. The molecule has 4 heteroatoms. The molecule has 1 aliphatic rings. The molecule has 2 N–H and O–H groups in total. The third kappa shape index (κ3) is 4.83. The van der Waals surface area contributed by atoms with E-state index in [9.17, 15) is 4.79 Å².